The molecule has 0 aromatic heterocycles. The van der Waals surface area contributed by atoms with E-state index in [1.54, 1.807) is 0 Å². The molecule has 1 atom stereocenters. The highest BCUT2D eigenvalue weighted by molar-refractivity contribution is 7.89. The van der Waals surface area contributed by atoms with Crippen LogP contribution in [0.5, 0.6) is 11.5 Å². The van der Waals surface area contributed by atoms with Crippen molar-refractivity contribution in [1.82, 2.24) is 14.5 Å². The van der Waals surface area contributed by atoms with Crippen LogP contribution >= 0.6 is 24.0 Å². The van der Waals surface area contributed by atoms with Crippen LogP contribution in [-0.4, -0.2) is 77.2 Å². The summed E-state index contributed by atoms with van der Waals surface area (Å²) in [6, 6.07) is 3.18. The Kier molecular flexibility index (Phi) is 7.41. The minimum atomic E-state index is -3.67. The number of nitrogens with one attached hydrogen (secondary N) is 1. The van der Waals surface area contributed by atoms with Gasteiger partial charge in [-0.1, -0.05) is 11.6 Å². The molecule has 0 bridgehead atoms. The zero-order chi connectivity index (χ0) is 18.0. The molecular weight excluding hydrogens is 401 g/mol. The molecule has 0 radical (unpaired) electrons. The Morgan fingerprint density at radius 1 is 1.12 bits per heavy atom. The smallest absolute Gasteiger partial charge is 0.244 e. The first-order valence-corrected chi connectivity index (χ1v) is 10.2. The van der Waals surface area contributed by atoms with Gasteiger partial charge in [-0.25, -0.2) is 8.42 Å². The van der Waals surface area contributed by atoms with Crippen LogP contribution in [-0.2, 0) is 10.0 Å². The average Bonchev–Trinajstić information content (AvgIpc) is 3.13. The van der Waals surface area contributed by atoms with Gasteiger partial charge in [0, 0.05) is 57.4 Å². The number of halogens is 2. The lowest BCUT2D eigenvalue weighted by molar-refractivity contribution is 0.179. The van der Waals surface area contributed by atoms with Crippen molar-refractivity contribution in [1.29, 1.82) is 0 Å². The van der Waals surface area contributed by atoms with Gasteiger partial charge in [-0.15, -0.1) is 12.4 Å². The minimum Gasteiger partial charge on any atom is -0.493 e. The van der Waals surface area contributed by atoms with E-state index in [9.17, 15) is 8.42 Å². The highest BCUT2D eigenvalue weighted by atomic mass is 35.5. The van der Waals surface area contributed by atoms with Crippen molar-refractivity contribution in [3.05, 3.63) is 17.2 Å². The topological polar surface area (TPSA) is 71.1 Å². The second-order valence-corrected chi connectivity index (χ2v) is 8.54. The Morgan fingerprint density at radius 2 is 1.73 bits per heavy atom. The van der Waals surface area contributed by atoms with Crippen molar-refractivity contribution >= 4 is 34.0 Å². The molecule has 0 saturated carbocycles. The van der Waals surface area contributed by atoms with Crippen LogP contribution in [0.3, 0.4) is 0 Å². The molecule has 7 nitrogen and oxygen atoms in total. The number of sulfonamides is 1. The Hall–Kier alpha value is -0.770. The van der Waals surface area contributed by atoms with E-state index in [4.69, 9.17) is 21.1 Å². The number of piperazine rings is 1. The molecule has 2 fully saturated rings. The largest absolute Gasteiger partial charge is 0.493 e. The fraction of sp³-hybridized carbons (Fsp3) is 0.625. The van der Waals surface area contributed by atoms with Gasteiger partial charge in [0.15, 0.2) is 11.5 Å². The number of benzene rings is 1. The van der Waals surface area contributed by atoms with Gasteiger partial charge in [0.1, 0.15) is 4.90 Å². The summed E-state index contributed by atoms with van der Waals surface area (Å²) in [5.41, 5.74) is 0. The molecule has 2 aliphatic heterocycles. The quantitative estimate of drug-likeness (QED) is 0.769. The Balaban J connectivity index is 0.00000243. The summed E-state index contributed by atoms with van der Waals surface area (Å²) < 4.78 is 38.1. The molecule has 3 rings (SSSR count). The second kappa shape index (κ2) is 8.95. The molecule has 26 heavy (non-hydrogen) atoms. The van der Waals surface area contributed by atoms with Gasteiger partial charge < -0.3 is 14.8 Å². The maximum absolute atomic E-state index is 13.1. The summed E-state index contributed by atoms with van der Waals surface area (Å²) in [6.07, 6.45) is 0.837. The van der Waals surface area contributed by atoms with E-state index in [-0.39, 0.29) is 28.4 Å². The molecule has 2 aliphatic rings. The van der Waals surface area contributed by atoms with Gasteiger partial charge in [-0.3, -0.25) is 4.90 Å². The Bertz CT molecular complexity index is 726. The third kappa shape index (κ3) is 4.21. The van der Waals surface area contributed by atoms with Crippen LogP contribution in [0.1, 0.15) is 6.42 Å². The number of ether oxygens (including phenoxy) is 2. The number of methoxy groups -OCH3 is 2. The molecule has 2 saturated heterocycles. The van der Waals surface area contributed by atoms with Crippen molar-refractivity contribution < 1.29 is 17.9 Å². The van der Waals surface area contributed by atoms with Crippen LogP contribution in [0, 0.1) is 0 Å². The first kappa shape index (κ1) is 21.5. The molecular formula is C16H25Cl2N3O4S. The Labute approximate surface area is 166 Å². The number of hydrogen-bond acceptors (Lipinski definition) is 6. The third-order valence-electron chi connectivity index (χ3n) is 4.85. The van der Waals surface area contributed by atoms with Gasteiger partial charge >= 0.3 is 0 Å². The Morgan fingerprint density at radius 3 is 2.35 bits per heavy atom. The predicted molar refractivity (Wildman–Crippen MR) is 103 cm³/mol. The monoisotopic (exact) mass is 425 g/mol. The standard InChI is InChI=1S/C16H24ClN3O4S.ClH/c1-23-14-9-13(17)16(10-15(14)24-2)25(21,22)20-6-3-12(11-20)19-7-4-18-5-8-19;/h9-10,12,18H,3-8,11H2,1-2H3;1H. The van der Waals surface area contributed by atoms with E-state index in [0.29, 0.717) is 24.6 Å². The van der Waals surface area contributed by atoms with E-state index in [2.05, 4.69) is 10.2 Å². The lowest BCUT2D eigenvalue weighted by Crippen LogP contribution is -2.49. The molecule has 1 aromatic carbocycles. The van der Waals surface area contributed by atoms with Crippen LogP contribution in [0.2, 0.25) is 5.02 Å². The molecule has 1 unspecified atom stereocenters. The van der Waals surface area contributed by atoms with Crippen molar-refractivity contribution in [3.8, 4) is 11.5 Å². The summed E-state index contributed by atoms with van der Waals surface area (Å²) in [5.74, 6) is 0.759. The van der Waals surface area contributed by atoms with E-state index >= 15 is 0 Å². The fourth-order valence-electron chi connectivity index (χ4n) is 3.45. The van der Waals surface area contributed by atoms with Gasteiger partial charge in [-0.05, 0) is 6.42 Å². The molecule has 0 spiro atoms. The normalized spacial score (nSPS) is 22.0. The highest BCUT2D eigenvalue weighted by Gasteiger charge is 2.37. The van der Waals surface area contributed by atoms with Crippen molar-refractivity contribution in [2.24, 2.45) is 0 Å². The summed E-state index contributed by atoms with van der Waals surface area (Å²) in [4.78, 5) is 2.43. The second-order valence-electron chi connectivity index (χ2n) is 6.23. The number of rotatable bonds is 5. The van der Waals surface area contributed by atoms with E-state index in [1.807, 2.05) is 0 Å². The molecule has 0 aliphatic carbocycles. The van der Waals surface area contributed by atoms with E-state index in [0.717, 1.165) is 32.6 Å². The van der Waals surface area contributed by atoms with Gasteiger partial charge in [-0.2, -0.15) is 4.31 Å². The summed E-state index contributed by atoms with van der Waals surface area (Å²) in [5, 5.41) is 3.46. The minimum absolute atomic E-state index is 0. The zero-order valence-electron chi connectivity index (χ0n) is 14.9. The van der Waals surface area contributed by atoms with Gasteiger partial charge in [0.25, 0.3) is 0 Å². The van der Waals surface area contributed by atoms with Crippen molar-refractivity contribution in [2.45, 2.75) is 17.4 Å². The fourth-order valence-corrected chi connectivity index (χ4v) is 5.45. The number of hydrogen-bond donors (Lipinski definition) is 1. The predicted octanol–water partition coefficient (Wildman–Crippen LogP) is 1.45. The van der Waals surface area contributed by atoms with Crippen molar-refractivity contribution in [3.63, 3.8) is 0 Å². The van der Waals surface area contributed by atoms with Crippen molar-refractivity contribution in [2.75, 3.05) is 53.5 Å². The number of nitrogens with zero attached hydrogens (tertiary/aromatic N) is 2. The first-order valence-electron chi connectivity index (χ1n) is 8.34. The maximum Gasteiger partial charge on any atom is 0.244 e. The van der Waals surface area contributed by atoms with Gasteiger partial charge in [0.2, 0.25) is 10.0 Å². The molecule has 2 heterocycles. The molecule has 148 valence electrons. The summed E-state index contributed by atoms with van der Waals surface area (Å²) in [6.45, 7) is 4.80. The van der Waals surface area contributed by atoms with Crippen LogP contribution in [0.25, 0.3) is 0 Å². The zero-order valence-corrected chi connectivity index (χ0v) is 17.3. The average molecular weight is 426 g/mol. The lowest BCUT2D eigenvalue weighted by atomic mass is 10.2. The summed E-state index contributed by atoms with van der Waals surface area (Å²) >= 11 is 6.23. The molecule has 10 heteroatoms. The third-order valence-corrected chi connectivity index (χ3v) is 7.18. The highest BCUT2D eigenvalue weighted by Crippen LogP contribution is 2.37. The SMILES string of the molecule is COc1cc(Cl)c(S(=O)(=O)N2CCC(N3CCNCC3)C2)cc1OC.Cl. The van der Waals surface area contributed by atoms with Crippen LogP contribution in [0.15, 0.2) is 17.0 Å². The summed E-state index contributed by atoms with van der Waals surface area (Å²) in [7, 11) is -0.717. The van der Waals surface area contributed by atoms with Crippen LogP contribution < -0.4 is 14.8 Å². The molecule has 1 aromatic rings. The lowest BCUT2D eigenvalue weighted by Gasteiger charge is -2.32. The van der Waals surface area contributed by atoms with Gasteiger partial charge in [0.05, 0.1) is 19.2 Å². The molecule has 1 N–H and O–H groups in total. The van der Waals surface area contributed by atoms with Crippen LogP contribution in [0.4, 0.5) is 0 Å². The van der Waals surface area contributed by atoms with E-state index in [1.165, 1.54) is 30.7 Å². The maximum atomic E-state index is 13.1. The molecule has 0 amide bonds. The van der Waals surface area contributed by atoms with E-state index < -0.39 is 10.0 Å². The first-order chi connectivity index (χ1) is 12.0.